The van der Waals surface area contributed by atoms with Crippen LogP contribution in [0.3, 0.4) is 0 Å². The van der Waals surface area contributed by atoms with Gasteiger partial charge in [0.05, 0.1) is 6.20 Å². The first kappa shape index (κ1) is 24.1. The Kier molecular flexibility index (Phi) is 7.73. The van der Waals surface area contributed by atoms with Gasteiger partial charge in [-0.25, -0.2) is 4.68 Å². The van der Waals surface area contributed by atoms with Crippen molar-refractivity contribution in [1.29, 1.82) is 0 Å². The van der Waals surface area contributed by atoms with Crippen molar-refractivity contribution in [3.8, 4) is 0 Å². The Morgan fingerprint density at radius 3 is 2.74 bits per heavy atom. The van der Waals surface area contributed by atoms with E-state index in [1.807, 2.05) is 36.0 Å². The molecule has 1 N–H and O–H groups in total. The molecule has 0 saturated heterocycles. The minimum absolute atomic E-state index is 0.0815. The Balaban J connectivity index is 1.64. The molecule has 0 aliphatic rings. The number of aromatic nitrogens is 3. The van der Waals surface area contributed by atoms with E-state index in [4.69, 9.17) is 0 Å². The third-order valence-corrected chi connectivity index (χ3v) is 7.31. The van der Waals surface area contributed by atoms with Crippen molar-refractivity contribution < 1.29 is 4.79 Å². The molecule has 0 bridgehead atoms. The summed E-state index contributed by atoms with van der Waals surface area (Å²) in [7, 11) is 0. The molecule has 0 atom stereocenters. The standard InChI is InChI=1S/C27H32N4O2S/c1-4-13-34-14-7-12-28-25(32)18-31-27(33)26-23(16-29-31)22-8-5-6-9-24(22)30(26)17-21-15-19(2)10-11-20(21)3/h5-6,8-11,15-16H,4,7,12-14,17-18H2,1-3H3,(H,28,32). The molecule has 6 nitrogen and oxygen atoms in total. The summed E-state index contributed by atoms with van der Waals surface area (Å²) in [6.07, 6.45) is 3.80. The SMILES string of the molecule is CCCSCCCNC(=O)Cn1ncc2c3ccccc3n(Cc3cc(C)ccc3C)c2c1=O. The number of carbonyl (C=O) groups excluding carboxylic acids is 1. The van der Waals surface area contributed by atoms with Crippen LogP contribution >= 0.6 is 11.8 Å². The van der Waals surface area contributed by atoms with Crippen molar-refractivity contribution in [2.45, 2.75) is 46.7 Å². The predicted octanol–water partition coefficient (Wildman–Crippen LogP) is 4.67. The zero-order valence-electron chi connectivity index (χ0n) is 20.1. The number of fused-ring (bicyclic) bond motifs is 3. The molecule has 178 valence electrons. The molecule has 4 rings (SSSR count). The first-order valence-electron chi connectivity index (χ1n) is 11.9. The van der Waals surface area contributed by atoms with Gasteiger partial charge in [-0.05, 0) is 55.4 Å². The van der Waals surface area contributed by atoms with Gasteiger partial charge in [-0.15, -0.1) is 0 Å². The molecule has 0 radical (unpaired) electrons. The molecule has 2 heterocycles. The van der Waals surface area contributed by atoms with Crippen molar-refractivity contribution in [3.05, 3.63) is 75.7 Å². The summed E-state index contributed by atoms with van der Waals surface area (Å²) in [4.78, 5) is 26.0. The first-order chi connectivity index (χ1) is 16.5. The summed E-state index contributed by atoms with van der Waals surface area (Å²) in [6, 6.07) is 14.4. The van der Waals surface area contributed by atoms with E-state index in [1.54, 1.807) is 6.20 Å². The van der Waals surface area contributed by atoms with Gasteiger partial charge in [0, 0.05) is 29.4 Å². The third kappa shape index (κ3) is 5.20. The van der Waals surface area contributed by atoms with E-state index < -0.39 is 0 Å². The van der Waals surface area contributed by atoms with Crippen LogP contribution in [0.4, 0.5) is 0 Å². The molecule has 34 heavy (non-hydrogen) atoms. The maximum atomic E-state index is 13.5. The van der Waals surface area contributed by atoms with Crippen LogP contribution in [0.1, 0.15) is 36.5 Å². The Hall–Kier alpha value is -3.06. The van der Waals surface area contributed by atoms with E-state index in [0.29, 0.717) is 18.6 Å². The molecule has 0 aliphatic heterocycles. The number of para-hydroxylation sites is 1. The van der Waals surface area contributed by atoms with Gasteiger partial charge in [-0.2, -0.15) is 16.9 Å². The fourth-order valence-corrected chi connectivity index (χ4v) is 5.09. The summed E-state index contributed by atoms with van der Waals surface area (Å²) >= 11 is 1.90. The summed E-state index contributed by atoms with van der Waals surface area (Å²) in [6.45, 7) is 7.44. The molecule has 0 spiro atoms. The van der Waals surface area contributed by atoms with Crippen LogP contribution in [0.15, 0.2) is 53.5 Å². The van der Waals surface area contributed by atoms with Crippen molar-refractivity contribution in [1.82, 2.24) is 19.7 Å². The van der Waals surface area contributed by atoms with Crippen molar-refractivity contribution in [3.63, 3.8) is 0 Å². The summed E-state index contributed by atoms with van der Waals surface area (Å²) in [5, 5.41) is 9.07. The number of carbonyl (C=O) groups is 1. The highest BCUT2D eigenvalue weighted by molar-refractivity contribution is 7.99. The smallest absolute Gasteiger partial charge is 0.291 e. The second-order valence-corrected chi connectivity index (χ2v) is 9.94. The Bertz CT molecular complexity index is 1370. The van der Waals surface area contributed by atoms with Gasteiger partial charge >= 0.3 is 0 Å². The van der Waals surface area contributed by atoms with Crippen LogP contribution < -0.4 is 10.9 Å². The third-order valence-electron chi connectivity index (χ3n) is 6.04. The topological polar surface area (TPSA) is 68.9 Å². The van der Waals surface area contributed by atoms with E-state index in [2.05, 4.69) is 54.0 Å². The average Bonchev–Trinajstić information content (AvgIpc) is 3.14. The normalized spacial score (nSPS) is 11.4. The Labute approximate surface area is 204 Å². The largest absolute Gasteiger partial charge is 0.354 e. The van der Waals surface area contributed by atoms with E-state index in [1.165, 1.54) is 21.4 Å². The lowest BCUT2D eigenvalue weighted by Gasteiger charge is -2.12. The van der Waals surface area contributed by atoms with Gasteiger partial charge in [-0.1, -0.05) is 48.9 Å². The molecule has 0 aliphatic carbocycles. The fourth-order valence-electron chi connectivity index (χ4n) is 4.25. The van der Waals surface area contributed by atoms with Crippen LogP contribution in [0.25, 0.3) is 21.8 Å². The number of nitrogens with zero attached hydrogens (tertiary/aromatic N) is 3. The molecular weight excluding hydrogens is 444 g/mol. The quantitative estimate of drug-likeness (QED) is 0.338. The maximum absolute atomic E-state index is 13.5. The van der Waals surface area contributed by atoms with Crippen LogP contribution in [0.2, 0.25) is 0 Å². The summed E-state index contributed by atoms with van der Waals surface area (Å²) in [5.41, 5.74) is 4.87. The van der Waals surface area contributed by atoms with E-state index >= 15 is 0 Å². The van der Waals surface area contributed by atoms with Gasteiger partial charge in [-0.3, -0.25) is 9.59 Å². The second kappa shape index (κ2) is 10.9. The number of nitrogens with one attached hydrogen (secondary N) is 1. The van der Waals surface area contributed by atoms with Crippen LogP contribution in [0, 0.1) is 13.8 Å². The van der Waals surface area contributed by atoms with Crippen LogP contribution in [0.5, 0.6) is 0 Å². The van der Waals surface area contributed by atoms with E-state index in [0.717, 1.165) is 40.6 Å². The molecule has 2 aromatic carbocycles. The summed E-state index contributed by atoms with van der Waals surface area (Å²) < 4.78 is 3.35. The lowest BCUT2D eigenvalue weighted by atomic mass is 10.1. The zero-order valence-corrected chi connectivity index (χ0v) is 21.0. The Morgan fingerprint density at radius 2 is 1.91 bits per heavy atom. The Morgan fingerprint density at radius 1 is 1.09 bits per heavy atom. The molecule has 7 heteroatoms. The molecule has 2 aromatic heterocycles. The predicted molar refractivity (Wildman–Crippen MR) is 142 cm³/mol. The van der Waals surface area contributed by atoms with Gasteiger partial charge in [0.15, 0.2) is 0 Å². The molecule has 0 saturated carbocycles. The molecule has 1 amide bonds. The number of rotatable bonds is 10. The van der Waals surface area contributed by atoms with Crippen molar-refractivity contribution in [2.24, 2.45) is 0 Å². The van der Waals surface area contributed by atoms with Crippen LogP contribution in [-0.4, -0.2) is 38.3 Å². The van der Waals surface area contributed by atoms with E-state index in [-0.39, 0.29) is 18.0 Å². The number of thioether (sulfide) groups is 1. The molecule has 0 fully saturated rings. The summed E-state index contributed by atoms with van der Waals surface area (Å²) in [5.74, 6) is 1.98. The second-order valence-electron chi connectivity index (χ2n) is 8.72. The fraction of sp³-hybridized carbons (Fsp3) is 0.370. The van der Waals surface area contributed by atoms with Gasteiger partial charge in [0.2, 0.25) is 5.91 Å². The lowest BCUT2D eigenvalue weighted by molar-refractivity contribution is -0.121. The minimum Gasteiger partial charge on any atom is -0.354 e. The molecule has 4 aromatic rings. The average molecular weight is 477 g/mol. The first-order valence-corrected chi connectivity index (χ1v) is 13.0. The zero-order chi connectivity index (χ0) is 24.1. The number of hydrogen-bond acceptors (Lipinski definition) is 4. The highest BCUT2D eigenvalue weighted by Crippen LogP contribution is 2.27. The van der Waals surface area contributed by atoms with Crippen molar-refractivity contribution in [2.75, 3.05) is 18.1 Å². The number of hydrogen-bond donors (Lipinski definition) is 1. The number of aryl methyl sites for hydroxylation is 2. The van der Waals surface area contributed by atoms with Crippen molar-refractivity contribution >= 4 is 39.5 Å². The minimum atomic E-state index is -0.243. The lowest BCUT2D eigenvalue weighted by Crippen LogP contribution is -2.34. The molecule has 0 unspecified atom stereocenters. The monoisotopic (exact) mass is 476 g/mol. The highest BCUT2D eigenvalue weighted by Gasteiger charge is 2.17. The van der Waals surface area contributed by atoms with Gasteiger partial charge in [0.25, 0.3) is 5.56 Å². The number of benzene rings is 2. The highest BCUT2D eigenvalue weighted by atomic mass is 32.2. The van der Waals surface area contributed by atoms with E-state index in [9.17, 15) is 9.59 Å². The van der Waals surface area contributed by atoms with Gasteiger partial charge in [0.1, 0.15) is 12.1 Å². The van der Waals surface area contributed by atoms with Crippen LogP contribution in [-0.2, 0) is 17.9 Å². The maximum Gasteiger partial charge on any atom is 0.291 e. The van der Waals surface area contributed by atoms with Gasteiger partial charge < -0.3 is 9.88 Å². The number of amides is 1. The molecular formula is C27H32N4O2S.